The standard InChI is InChI=1S/C11H19NO/c1-10-3-8-2-9(4-10)6-11(5-8,7-13)12-10/h8-9,12-13H,2-7H2,1H3. The minimum atomic E-state index is 0.110. The first-order chi connectivity index (χ1) is 6.13. The highest BCUT2D eigenvalue weighted by Gasteiger charge is 2.54. The Morgan fingerprint density at radius 3 is 2.31 bits per heavy atom. The SMILES string of the molecule is CC12CC3CC(C1)CC(CO)(C3)N2. The predicted octanol–water partition coefficient (Wildman–Crippen LogP) is 1.29. The normalized spacial score (nSPS) is 58.6. The van der Waals surface area contributed by atoms with Gasteiger partial charge in [0.1, 0.15) is 0 Å². The smallest absolute Gasteiger partial charge is 0.0613 e. The van der Waals surface area contributed by atoms with E-state index in [0.29, 0.717) is 12.1 Å². The maximum Gasteiger partial charge on any atom is 0.0613 e. The van der Waals surface area contributed by atoms with Gasteiger partial charge in [-0.1, -0.05) is 0 Å². The first-order valence-electron chi connectivity index (χ1n) is 5.53. The van der Waals surface area contributed by atoms with Crippen LogP contribution in [0.15, 0.2) is 0 Å². The lowest BCUT2D eigenvalue weighted by Gasteiger charge is -2.61. The molecule has 2 nitrogen and oxygen atoms in total. The summed E-state index contributed by atoms with van der Waals surface area (Å²) in [6, 6.07) is 0. The summed E-state index contributed by atoms with van der Waals surface area (Å²) in [5.41, 5.74) is 0.464. The van der Waals surface area contributed by atoms with Gasteiger partial charge in [-0.2, -0.15) is 0 Å². The van der Waals surface area contributed by atoms with Crippen molar-refractivity contribution in [3.05, 3.63) is 0 Å². The molecular weight excluding hydrogens is 162 g/mol. The van der Waals surface area contributed by atoms with Gasteiger partial charge in [-0.25, -0.2) is 0 Å². The molecule has 0 aromatic rings. The first-order valence-corrected chi connectivity index (χ1v) is 5.53. The fourth-order valence-corrected chi connectivity index (χ4v) is 4.51. The highest BCUT2D eigenvalue weighted by Crippen LogP contribution is 2.53. The van der Waals surface area contributed by atoms with Gasteiger partial charge >= 0.3 is 0 Å². The van der Waals surface area contributed by atoms with Crippen LogP contribution in [0, 0.1) is 11.8 Å². The first kappa shape index (κ1) is 8.25. The van der Waals surface area contributed by atoms with E-state index >= 15 is 0 Å². The van der Waals surface area contributed by atoms with E-state index in [4.69, 9.17) is 0 Å². The van der Waals surface area contributed by atoms with Crippen molar-refractivity contribution in [3.63, 3.8) is 0 Å². The van der Waals surface area contributed by atoms with Crippen LogP contribution in [0.5, 0.6) is 0 Å². The maximum absolute atomic E-state index is 9.48. The van der Waals surface area contributed by atoms with E-state index in [1.165, 1.54) is 32.1 Å². The number of aliphatic hydroxyl groups excluding tert-OH is 1. The molecule has 2 saturated carbocycles. The third-order valence-electron chi connectivity index (χ3n) is 4.37. The molecule has 2 heterocycles. The third kappa shape index (κ3) is 1.08. The highest BCUT2D eigenvalue weighted by atomic mass is 16.3. The molecule has 2 atom stereocenters. The molecule has 4 bridgehead atoms. The average Bonchev–Trinajstić information content (AvgIpc) is 1.99. The van der Waals surface area contributed by atoms with Gasteiger partial charge in [0.2, 0.25) is 0 Å². The molecule has 74 valence electrons. The van der Waals surface area contributed by atoms with Gasteiger partial charge in [-0.05, 0) is 50.9 Å². The second kappa shape index (κ2) is 2.29. The Labute approximate surface area is 79.7 Å². The summed E-state index contributed by atoms with van der Waals surface area (Å²) in [7, 11) is 0. The lowest BCUT2D eigenvalue weighted by molar-refractivity contribution is -0.0682. The van der Waals surface area contributed by atoms with Crippen molar-refractivity contribution in [3.8, 4) is 0 Å². The van der Waals surface area contributed by atoms with Gasteiger partial charge in [0.05, 0.1) is 6.61 Å². The minimum Gasteiger partial charge on any atom is -0.394 e. The van der Waals surface area contributed by atoms with Crippen LogP contribution in [0.2, 0.25) is 0 Å². The maximum atomic E-state index is 9.48. The summed E-state index contributed by atoms with van der Waals surface area (Å²) < 4.78 is 0. The van der Waals surface area contributed by atoms with Crippen LogP contribution in [-0.4, -0.2) is 22.8 Å². The molecule has 0 radical (unpaired) electrons. The zero-order chi connectivity index (χ0) is 9.10. The van der Waals surface area contributed by atoms with Crippen LogP contribution in [-0.2, 0) is 0 Å². The van der Waals surface area contributed by atoms with Crippen molar-refractivity contribution in [1.29, 1.82) is 0 Å². The topological polar surface area (TPSA) is 32.3 Å². The van der Waals surface area contributed by atoms with Crippen molar-refractivity contribution < 1.29 is 5.11 Å². The monoisotopic (exact) mass is 181 g/mol. The molecule has 0 aromatic carbocycles. The Bertz CT molecular complexity index is 224. The molecule has 2 N–H and O–H groups in total. The van der Waals surface area contributed by atoms with Crippen LogP contribution >= 0.6 is 0 Å². The van der Waals surface area contributed by atoms with E-state index in [2.05, 4.69) is 12.2 Å². The summed E-state index contributed by atoms with van der Waals surface area (Å²) in [6.07, 6.45) is 6.54. The fraction of sp³-hybridized carbons (Fsp3) is 1.00. The number of rotatable bonds is 1. The molecule has 2 unspecified atom stereocenters. The van der Waals surface area contributed by atoms with Crippen LogP contribution in [0.3, 0.4) is 0 Å². The minimum absolute atomic E-state index is 0.110. The second-order valence-corrected chi connectivity index (χ2v) is 5.91. The van der Waals surface area contributed by atoms with Gasteiger partial charge in [0, 0.05) is 11.1 Å². The third-order valence-corrected chi connectivity index (χ3v) is 4.37. The van der Waals surface area contributed by atoms with Gasteiger partial charge in [-0.3, -0.25) is 0 Å². The van der Waals surface area contributed by atoms with E-state index in [0.717, 1.165) is 11.8 Å². The van der Waals surface area contributed by atoms with E-state index in [9.17, 15) is 5.11 Å². The van der Waals surface area contributed by atoms with Crippen molar-refractivity contribution >= 4 is 0 Å². The summed E-state index contributed by atoms with van der Waals surface area (Å²) in [5, 5.41) is 13.2. The van der Waals surface area contributed by atoms with E-state index in [-0.39, 0.29) is 5.54 Å². The van der Waals surface area contributed by atoms with Crippen LogP contribution in [0.1, 0.15) is 39.0 Å². The summed E-state index contributed by atoms with van der Waals surface area (Å²) in [5.74, 6) is 1.79. The molecule has 2 saturated heterocycles. The Morgan fingerprint density at radius 1 is 1.23 bits per heavy atom. The molecule has 0 amide bonds. The molecule has 4 fully saturated rings. The summed E-state index contributed by atoms with van der Waals surface area (Å²) in [4.78, 5) is 0. The van der Waals surface area contributed by atoms with Gasteiger partial charge < -0.3 is 10.4 Å². The number of hydrogen-bond donors (Lipinski definition) is 2. The largest absolute Gasteiger partial charge is 0.394 e. The molecule has 4 aliphatic rings. The van der Waals surface area contributed by atoms with E-state index in [1.807, 2.05) is 0 Å². The fourth-order valence-electron chi connectivity index (χ4n) is 4.51. The zero-order valence-corrected chi connectivity index (χ0v) is 8.34. The quantitative estimate of drug-likeness (QED) is 0.639. The van der Waals surface area contributed by atoms with E-state index < -0.39 is 0 Å². The average molecular weight is 181 g/mol. The van der Waals surface area contributed by atoms with E-state index in [1.54, 1.807) is 0 Å². The molecular formula is C11H19NO. The number of hydrogen-bond acceptors (Lipinski definition) is 2. The van der Waals surface area contributed by atoms with Crippen LogP contribution < -0.4 is 5.32 Å². The molecule has 2 heteroatoms. The molecule has 0 aromatic heterocycles. The number of nitrogens with one attached hydrogen (secondary N) is 1. The van der Waals surface area contributed by atoms with Crippen LogP contribution in [0.25, 0.3) is 0 Å². The Hall–Kier alpha value is -0.0800. The molecule has 2 aliphatic carbocycles. The summed E-state index contributed by atoms with van der Waals surface area (Å²) >= 11 is 0. The highest BCUT2D eigenvalue weighted by molar-refractivity contribution is 5.12. The Balaban J connectivity index is 1.95. The summed E-state index contributed by atoms with van der Waals surface area (Å²) in [6.45, 7) is 2.68. The van der Waals surface area contributed by atoms with Gasteiger partial charge in [0.15, 0.2) is 0 Å². The van der Waals surface area contributed by atoms with Gasteiger partial charge in [-0.15, -0.1) is 0 Å². The van der Waals surface area contributed by atoms with Crippen molar-refractivity contribution in [2.75, 3.05) is 6.61 Å². The molecule has 4 rings (SSSR count). The number of piperidine rings is 2. The Kier molecular flexibility index (Phi) is 1.45. The molecule has 0 spiro atoms. The Morgan fingerprint density at radius 2 is 1.85 bits per heavy atom. The van der Waals surface area contributed by atoms with Crippen molar-refractivity contribution in [2.45, 2.75) is 50.1 Å². The lowest BCUT2D eigenvalue weighted by atomic mass is 9.55. The van der Waals surface area contributed by atoms with Crippen molar-refractivity contribution in [2.24, 2.45) is 11.8 Å². The predicted molar refractivity (Wildman–Crippen MR) is 51.4 cm³/mol. The second-order valence-electron chi connectivity index (χ2n) is 5.91. The van der Waals surface area contributed by atoms with Crippen LogP contribution in [0.4, 0.5) is 0 Å². The van der Waals surface area contributed by atoms with Gasteiger partial charge in [0.25, 0.3) is 0 Å². The van der Waals surface area contributed by atoms with Crippen molar-refractivity contribution in [1.82, 2.24) is 5.32 Å². The zero-order valence-electron chi connectivity index (χ0n) is 8.34. The lowest BCUT2D eigenvalue weighted by Crippen LogP contribution is -2.70. The number of aliphatic hydroxyl groups is 1. The molecule has 2 aliphatic heterocycles. The molecule has 13 heavy (non-hydrogen) atoms.